The number of rotatable bonds is 5. The average Bonchev–Trinajstić information content (AvgIpc) is 3.18. The summed E-state index contributed by atoms with van der Waals surface area (Å²) in [5.74, 6) is 7.47. The SMILES string of the molecule is CCOC(c1nc(NN)cc(C2CC2)n1)C(C)(C)C. The smallest absolute Gasteiger partial charge is 0.160 e. The molecule has 1 atom stereocenters. The summed E-state index contributed by atoms with van der Waals surface area (Å²) in [6.07, 6.45) is 2.29. The highest BCUT2D eigenvalue weighted by molar-refractivity contribution is 5.37. The van der Waals surface area contributed by atoms with E-state index in [-0.39, 0.29) is 11.5 Å². The number of nitrogen functional groups attached to an aromatic ring is 1. The standard InChI is InChI=1S/C14H24N4O/c1-5-19-12(14(2,3)4)13-16-10(9-6-7-9)8-11(17-13)18-15/h8-9,12H,5-7,15H2,1-4H3,(H,16,17,18). The maximum absolute atomic E-state index is 5.85. The van der Waals surface area contributed by atoms with Crippen LogP contribution in [0.1, 0.15) is 64.1 Å². The first kappa shape index (κ1) is 14.2. The molecular weight excluding hydrogens is 240 g/mol. The molecule has 5 heteroatoms. The van der Waals surface area contributed by atoms with Crippen molar-refractivity contribution in [3.05, 3.63) is 17.6 Å². The first-order valence-electron chi connectivity index (χ1n) is 6.92. The molecule has 3 N–H and O–H groups in total. The monoisotopic (exact) mass is 264 g/mol. The molecule has 1 aliphatic rings. The lowest BCUT2D eigenvalue weighted by Gasteiger charge is -2.29. The van der Waals surface area contributed by atoms with Crippen LogP contribution in [-0.4, -0.2) is 16.6 Å². The van der Waals surface area contributed by atoms with Gasteiger partial charge in [-0.1, -0.05) is 20.8 Å². The quantitative estimate of drug-likeness (QED) is 0.632. The Morgan fingerprint density at radius 3 is 2.58 bits per heavy atom. The summed E-state index contributed by atoms with van der Waals surface area (Å²) in [5, 5.41) is 0. The summed E-state index contributed by atoms with van der Waals surface area (Å²) in [5.41, 5.74) is 3.66. The molecule has 1 fully saturated rings. The summed E-state index contributed by atoms with van der Waals surface area (Å²) in [4.78, 5) is 9.17. The molecule has 1 heterocycles. The molecule has 0 amide bonds. The lowest BCUT2D eigenvalue weighted by molar-refractivity contribution is -0.0191. The number of nitrogens with two attached hydrogens (primary N) is 1. The Morgan fingerprint density at radius 1 is 1.42 bits per heavy atom. The van der Waals surface area contributed by atoms with Crippen molar-refractivity contribution in [1.29, 1.82) is 0 Å². The lowest BCUT2D eigenvalue weighted by atomic mass is 9.88. The third kappa shape index (κ3) is 3.42. The largest absolute Gasteiger partial charge is 0.370 e. The van der Waals surface area contributed by atoms with Crippen LogP contribution in [0, 0.1) is 5.41 Å². The fourth-order valence-electron chi connectivity index (χ4n) is 2.14. The summed E-state index contributed by atoms with van der Waals surface area (Å²) in [6, 6.07) is 1.94. The fourth-order valence-corrected chi connectivity index (χ4v) is 2.14. The van der Waals surface area contributed by atoms with Crippen molar-refractivity contribution in [2.24, 2.45) is 11.3 Å². The second-order valence-electron chi connectivity index (χ2n) is 6.16. The molecule has 19 heavy (non-hydrogen) atoms. The summed E-state index contributed by atoms with van der Waals surface area (Å²) >= 11 is 0. The van der Waals surface area contributed by atoms with Crippen LogP contribution in [0.3, 0.4) is 0 Å². The Morgan fingerprint density at radius 2 is 2.11 bits per heavy atom. The van der Waals surface area contributed by atoms with E-state index in [4.69, 9.17) is 15.6 Å². The predicted octanol–water partition coefficient (Wildman–Crippen LogP) is 2.76. The molecule has 0 spiro atoms. The van der Waals surface area contributed by atoms with Gasteiger partial charge >= 0.3 is 0 Å². The van der Waals surface area contributed by atoms with E-state index in [1.54, 1.807) is 0 Å². The average molecular weight is 264 g/mol. The van der Waals surface area contributed by atoms with E-state index in [1.807, 2.05) is 13.0 Å². The Bertz CT molecular complexity index is 438. The topological polar surface area (TPSA) is 73.1 Å². The predicted molar refractivity (Wildman–Crippen MR) is 75.6 cm³/mol. The van der Waals surface area contributed by atoms with Crippen molar-refractivity contribution in [2.45, 2.75) is 52.6 Å². The van der Waals surface area contributed by atoms with Gasteiger partial charge in [-0.05, 0) is 25.2 Å². The van der Waals surface area contributed by atoms with E-state index in [9.17, 15) is 0 Å². The third-order valence-corrected chi connectivity index (χ3v) is 3.26. The number of hydrazine groups is 1. The number of hydrogen-bond acceptors (Lipinski definition) is 5. The van der Waals surface area contributed by atoms with E-state index in [1.165, 1.54) is 12.8 Å². The molecule has 1 saturated carbocycles. The molecule has 5 nitrogen and oxygen atoms in total. The number of hydrogen-bond donors (Lipinski definition) is 2. The number of nitrogens with one attached hydrogen (secondary N) is 1. The highest BCUT2D eigenvalue weighted by Crippen LogP contribution is 2.41. The van der Waals surface area contributed by atoms with Gasteiger partial charge in [0.1, 0.15) is 11.9 Å². The van der Waals surface area contributed by atoms with Gasteiger partial charge < -0.3 is 10.2 Å². The number of anilines is 1. The molecule has 2 rings (SSSR count). The molecule has 1 aromatic heterocycles. The molecule has 1 unspecified atom stereocenters. The van der Waals surface area contributed by atoms with Gasteiger partial charge in [0.25, 0.3) is 0 Å². The summed E-state index contributed by atoms with van der Waals surface area (Å²) in [7, 11) is 0. The highest BCUT2D eigenvalue weighted by Gasteiger charge is 2.32. The minimum atomic E-state index is -0.122. The molecule has 0 bridgehead atoms. The number of nitrogens with zero attached hydrogens (tertiary/aromatic N) is 2. The minimum Gasteiger partial charge on any atom is -0.370 e. The summed E-state index contributed by atoms with van der Waals surface area (Å²) in [6.45, 7) is 9.04. The van der Waals surface area contributed by atoms with Crippen molar-refractivity contribution in [2.75, 3.05) is 12.0 Å². The summed E-state index contributed by atoms with van der Waals surface area (Å²) < 4.78 is 5.85. The van der Waals surface area contributed by atoms with E-state index in [2.05, 4.69) is 31.2 Å². The zero-order valence-corrected chi connectivity index (χ0v) is 12.2. The Kier molecular flexibility index (Phi) is 4.06. The van der Waals surface area contributed by atoms with Crippen molar-refractivity contribution in [1.82, 2.24) is 9.97 Å². The molecule has 0 saturated heterocycles. The lowest BCUT2D eigenvalue weighted by Crippen LogP contribution is -2.25. The maximum Gasteiger partial charge on any atom is 0.160 e. The zero-order chi connectivity index (χ0) is 14.0. The van der Waals surface area contributed by atoms with Crippen LogP contribution in [0.25, 0.3) is 0 Å². The Hall–Kier alpha value is -1.20. The van der Waals surface area contributed by atoms with Gasteiger partial charge in [-0.3, -0.25) is 0 Å². The van der Waals surface area contributed by atoms with Crippen LogP contribution in [0.15, 0.2) is 6.07 Å². The molecule has 1 aliphatic carbocycles. The van der Waals surface area contributed by atoms with E-state index >= 15 is 0 Å². The van der Waals surface area contributed by atoms with Gasteiger partial charge in [0.05, 0.1) is 0 Å². The van der Waals surface area contributed by atoms with E-state index in [0.717, 1.165) is 11.5 Å². The fraction of sp³-hybridized carbons (Fsp3) is 0.714. The molecule has 0 aromatic carbocycles. The van der Waals surface area contributed by atoms with Crippen LogP contribution >= 0.6 is 0 Å². The van der Waals surface area contributed by atoms with Crippen LogP contribution in [-0.2, 0) is 4.74 Å². The van der Waals surface area contributed by atoms with E-state index in [0.29, 0.717) is 18.3 Å². The normalized spacial score (nSPS) is 17.3. The van der Waals surface area contributed by atoms with Gasteiger partial charge in [0.15, 0.2) is 5.82 Å². The zero-order valence-electron chi connectivity index (χ0n) is 12.2. The first-order valence-corrected chi connectivity index (χ1v) is 6.92. The van der Waals surface area contributed by atoms with Gasteiger partial charge in [0, 0.05) is 24.3 Å². The molecule has 0 aliphatic heterocycles. The second kappa shape index (κ2) is 5.43. The molecule has 1 aromatic rings. The molecular formula is C14H24N4O. The molecule has 106 valence electrons. The van der Waals surface area contributed by atoms with Gasteiger partial charge in [-0.15, -0.1) is 0 Å². The maximum atomic E-state index is 5.85. The number of aromatic nitrogens is 2. The van der Waals surface area contributed by atoms with Crippen molar-refractivity contribution in [3.63, 3.8) is 0 Å². The molecule has 0 radical (unpaired) electrons. The van der Waals surface area contributed by atoms with Gasteiger partial charge in [-0.25, -0.2) is 15.8 Å². The van der Waals surface area contributed by atoms with Crippen LogP contribution < -0.4 is 11.3 Å². The van der Waals surface area contributed by atoms with E-state index < -0.39 is 0 Å². The Balaban J connectivity index is 2.37. The number of ether oxygens (including phenoxy) is 1. The first-order chi connectivity index (χ1) is 8.95. The Labute approximate surface area is 114 Å². The minimum absolute atomic E-state index is 0.0515. The van der Waals surface area contributed by atoms with Crippen molar-refractivity contribution < 1.29 is 4.74 Å². The van der Waals surface area contributed by atoms with Crippen LogP contribution in [0.4, 0.5) is 5.82 Å². The van der Waals surface area contributed by atoms with Gasteiger partial charge in [0.2, 0.25) is 0 Å². The van der Waals surface area contributed by atoms with Crippen LogP contribution in [0.5, 0.6) is 0 Å². The van der Waals surface area contributed by atoms with Crippen molar-refractivity contribution >= 4 is 5.82 Å². The highest BCUT2D eigenvalue weighted by atomic mass is 16.5. The van der Waals surface area contributed by atoms with Gasteiger partial charge in [-0.2, -0.15) is 0 Å². The van der Waals surface area contributed by atoms with Crippen LogP contribution in [0.2, 0.25) is 0 Å². The third-order valence-electron chi connectivity index (χ3n) is 3.26. The second-order valence-corrected chi connectivity index (χ2v) is 6.16. The van der Waals surface area contributed by atoms with Crippen molar-refractivity contribution in [3.8, 4) is 0 Å².